The Balaban J connectivity index is 3.00. The van der Waals surface area contributed by atoms with Crippen molar-refractivity contribution in [3.63, 3.8) is 0 Å². The number of esters is 1. The van der Waals surface area contributed by atoms with Crippen molar-refractivity contribution in [1.82, 2.24) is 0 Å². The Morgan fingerprint density at radius 3 is 0.903 bits per heavy atom. The Bertz CT molecular complexity index is 358. The number of ether oxygens (including phenoxy) is 9. The second-order valence-electron chi connectivity index (χ2n) is 5.96. The molecule has 0 aromatic rings. The van der Waals surface area contributed by atoms with Crippen molar-refractivity contribution in [3.8, 4) is 0 Å². The van der Waals surface area contributed by atoms with Gasteiger partial charge in [0.05, 0.1) is 112 Å². The fourth-order valence-electron chi connectivity index (χ4n) is 1.95. The lowest BCUT2D eigenvalue weighted by molar-refractivity contribution is -0.142. The monoisotopic (exact) mass is 456 g/mol. The van der Waals surface area contributed by atoms with E-state index in [2.05, 4.69) is 0 Å². The van der Waals surface area contributed by atoms with Gasteiger partial charge in [0.2, 0.25) is 0 Å². The summed E-state index contributed by atoms with van der Waals surface area (Å²) >= 11 is 0. The fraction of sp³-hybridized carbons (Fsp3) is 0.950. The van der Waals surface area contributed by atoms with Gasteiger partial charge in [-0.15, -0.1) is 0 Å². The van der Waals surface area contributed by atoms with Gasteiger partial charge in [0.15, 0.2) is 0 Å². The Kier molecular flexibility index (Phi) is 26.4. The van der Waals surface area contributed by atoms with Crippen molar-refractivity contribution in [3.05, 3.63) is 0 Å². The van der Waals surface area contributed by atoms with E-state index in [9.17, 15) is 4.79 Å². The molecule has 0 aliphatic rings. The lowest BCUT2D eigenvalue weighted by Crippen LogP contribution is -2.15. The van der Waals surface area contributed by atoms with Gasteiger partial charge in [0.25, 0.3) is 0 Å². The molecule has 0 atom stereocenters. The highest BCUT2D eigenvalue weighted by atomic mass is 16.6. The molecule has 1 N–H and O–H groups in total. The van der Waals surface area contributed by atoms with Crippen molar-refractivity contribution >= 4 is 5.97 Å². The average Bonchev–Trinajstić information content (AvgIpc) is 2.76. The average molecular weight is 457 g/mol. The molecule has 0 heterocycles. The molecule has 0 aliphatic heterocycles. The van der Waals surface area contributed by atoms with Crippen molar-refractivity contribution in [2.24, 2.45) is 0 Å². The van der Waals surface area contributed by atoms with Crippen molar-refractivity contribution in [2.45, 2.75) is 6.92 Å². The second-order valence-corrected chi connectivity index (χ2v) is 5.96. The van der Waals surface area contributed by atoms with Gasteiger partial charge in [-0.3, -0.25) is 4.79 Å². The lowest BCUT2D eigenvalue weighted by atomic mass is 10.6. The van der Waals surface area contributed by atoms with Crippen LogP contribution in [0.3, 0.4) is 0 Å². The third-order valence-corrected chi connectivity index (χ3v) is 3.37. The number of aliphatic hydroxyl groups excluding tert-OH is 1. The summed E-state index contributed by atoms with van der Waals surface area (Å²) in [6.45, 7) is 9.22. The minimum Gasteiger partial charge on any atom is -0.463 e. The molecule has 0 radical (unpaired) electrons. The molecule has 0 aliphatic carbocycles. The van der Waals surface area contributed by atoms with Crippen molar-refractivity contribution < 1.29 is 52.5 Å². The Morgan fingerprint density at radius 2 is 0.677 bits per heavy atom. The smallest absolute Gasteiger partial charge is 0.302 e. The Hall–Kier alpha value is -0.890. The predicted octanol–water partition coefficient (Wildman–Crippen LogP) is -0.325. The van der Waals surface area contributed by atoms with Crippen molar-refractivity contribution in [2.75, 3.05) is 119 Å². The van der Waals surface area contributed by atoms with Crippen LogP contribution in [0.2, 0.25) is 0 Å². The summed E-state index contributed by atoms with van der Waals surface area (Å²) < 4.78 is 47.2. The number of carbonyl (C=O) groups excluding carboxylic acids is 1. The molecule has 0 bridgehead atoms. The van der Waals surface area contributed by atoms with E-state index in [4.69, 9.17) is 47.7 Å². The van der Waals surface area contributed by atoms with Crippen LogP contribution < -0.4 is 0 Å². The first kappa shape index (κ1) is 30.1. The summed E-state index contributed by atoms with van der Waals surface area (Å²) in [6, 6.07) is 0. The third-order valence-electron chi connectivity index (χ3n) is 3.37. The maximum atomic E-state index is 10.5. The first-order valence-electron chi connectivity index (χ1n) is 10.6. The van der Waals surface area contributed by atoms with Gasteiger partial charge in [0.1, 0.15) is 6.61 Å². The highest BCUT2D eigenvalue weighted by Crippen LogP contribution is 1.86. The normalized spacial score (nSPS) is 11.2. The van der Waals surface area contributed by atoms with Crippen LogP contribution in [-0.2, 0) is 47.4 Å². The molecule has 0 rings (SSSR count). The van der Waals surface area contributed by atoms with Crippen LogP contribution in [0.25, 0.3) is 0 Å². The van der Waals surface area contributed by atoms with E-state index in [-0.39, 0.29) is 19.2 Å². The first-order valence-corrected chi connectivity index (χ1v) is 10.6. The van der Waals surface area contributed by atoms with Gasteiger partial charge in [-0.25, -0.2) is 0 Å². The molecule has 186 valence electrons. The number of aliphatic hydroxyl groups is 1. The molecule has 0 amide bonds. The highest BCUT2D eigenvalue weighted by molar-refractivity contribution is 5.65. The minimum absolute atomic E-state index is 0.0255. The predicted molar refractivity (Wildman–Crippen MR) is 110 cm³/mol. The zero-order valence-electron chi connectivity index (χ0n) is 18.8. The summed E-state index contributed by atoms with van der Waals surface area (Å²) in [6.07, 6.45) is 0. The molecule has 11 nitrogen and oxygen atoms in total. The third kappa shape index (κ3) is 29.1. The topological polar surface area (TPSA) is 120 Å². The van der Waals surface area contributed by atoms with Crippen LogP contribution in [0.5, 0.6) is 0 Å². The Morgan fingerprint density at radius 1 is 0.452 bits per heavy atom. The quantitative estimate of drug-likeness (QED) is 0.136. The Labute approximate surface area is 185 Å². The molecule has 0 aromatic heterocycles. The molecular formula is C20H40O11. The standard InChI is InChI=1S/C20H40O11/c1-20(22)31-19-18-30-17-16-29-15-14-28-13-12-27-11-10-26-9-8-25-7-6-24-5-4-23-3-2-21/h21H,2-19H2,1H3. The van der Waals surface area contributed by atoms with Gasteiger partial charge in [0, 0.05) is 6.92 Å². The van der Waals surface area contributed by atoms with E-state index < -0.39 is 0 Å². The molecule has 11 heteroatoms. The van der Waals surface area contributed by atoms with E-state index in [1.165, 1.54) is 6.92 Å². The van der Waals surface area contributed by atoms with Crippen LogP contribution in [0, 0.1) is 0 Å². The van der Waals surface area contributed by atoms with E-state index in [1.807, 2.05) is 0 Å². The van der Waals surface area contributed by atoms with Gasteiger partial charge in [-0.05, 0) is 0 Å². The van der Waals surface area contributed by atoms with Crippen LogP contribution >= 0.6 is 0 Å². The maximum Gasteiger partial charge on any atom is 0.302 e. The summed E-state index contributed by atoms with van der Waals surface area (Å²) in [4.78, 5) is 10.5. The van der Waals surface area contributed by atoms with Crippen LogP contribution in [0.15, 0.2) is 0 Å². The summed E-state index contributed by atoms with van der Waals surface area (Å²) in [5, 5.41) is 8.53. The minimum atomic E-state index is -0.310. The molecular weight excluding hydrogens is 416 g/mol. The maximum absolute atomic E-state index is 10.5. The number of hydrogen-bond donors (Lipinski definition) is 1. The lowest BCUT2D eigenvalue weighted by Gasteiger charge is -2.08. The summed E-state index contributed by atoms with van der Waals surface area (Å²) in [5.74, 6) is -0.310. The van der Waals surface area contributed by atoms with Gasteiger partial charge < -0.3 is 47.7 Å². The number of hydrogen-bond acceptors (Lipinski definition) is 11. The molecule has 0 unspecified atom stereocenters. The second kappa shape index (κ2) is 27.1. The largest absolute Gasteiger partial charge is 0.463 e. The zero-order chi connectivity index (χ0) is 22.7. The number of rotatable bonds is 26. The summed E-state index contributed by atoms with van der Waals surface area (Å²) in [5.41, 5.74) is 0. The molecule has 0 saturated heterocycles. The summed E-state index contributed by atoms with van der Waals surface area (Å²) in [7, 11) is 0. The zero-order valence-corrected chi connectivity index (χ0v) is 18.8. The van der Waals surface area contributed by atoms with Gasteiger partial charge in [-0.2, -0.15) is 0 Å². The molecule has 0 fully saturated rings. The highest BCUT2D eigenvalue weighted by Gasteiger charge is 1.96. The first-order chi connectivity index (χ1) is 15.3. The van der Waals surface area contributed by atoms with Crippen LogP contribution in [0.1, 0.15) is 6.92 Å². The van der Waals surface area contributed by atoms with Crippen LogP contribution in [-0.4, -0.2) is 130 Å². The van der Waals surface area contributed by atoms with Gasteiger partial charge >= 0.3 is 5.97 Å². The molecule has 0 aromatic carbocycles. The van der Waals surface area contributed by atoms with E-state index in [1.54, 1.807) is 0 Å². The molecule has 0 spiro atoms. The van der Waals surface area contributed by atoms with E-state index in [0.717, 1.165) is 0 Å². The van der Waals surface area contributed by atoms with Crippen molar-refractivity contribution in [1.29, 1.82) is 0 Å². The fourth-order valence-corrected chi connectivity index (χ4v) is 1.95. The molecule has 31 heavy (non-hydrogen) atoms. The van der Waals surface area contributed by atoms with Gasteiger partial charge in [-0.1, -0.05) is 0 Å². The van der Waals surface area contributed by atoms with E-state index in [0.29, 0.717) is 106 Å². The molecule has 0 saturated carbocycles. The van der Waals surface area contributed by atoms with Crippen LogP contribution in [0.4, 0.5) is 0 Å². The number of carbonyl (C=O) groups is 1. The van der Waals surface area contributed by atoms with E-state index >= 15 is 0 Å². The SMILES string of the molecule is CC(=O)OCCOCCOCCOCCOCCOCCOCCOCCOCCO.